The number of nitrogens with zero attached hydrogens (tertiary/aromatic N) is 4. The smallest absolute Gasteiger partial charge is 0.348 e. The number of nitrogen functional groups attached to an aromatic ring is 1. The molecule has 0 aliphatic carbocycles. The lowest BCUT2D eigenvalue weighted by atomic mass is 9.93. The van der Waals surface area contributed by atoms with E-state index in [-0.39, 0.29) is 27.8 Å². The van der Waals surface area contributed by atoms with E-state index in [2.05, 4.69) is 15.0 Å². The Balaban J connectivity index is 1.58. The van der Waals surface area contributed by atoms with Crippen LogP contribution in [0.3, 0.4) is 0 Å². The van der Waals surface area contributed by atoms with Crippen molar-refractivity contribution in [3.63, 3.8) is 0 Å². The number of benzene rings is 1. The largest absolute Gasteiger partial charge is 0.479 e. The summed E-state index contributed by atoms with van der Waals surface area (Å²) in [5.41, 5.74) is 1.81. The Bertz CT molecular complexity index is 1420. The molecular formula is C21H18ClF2N5O9. The Morgan fingerprint density at radius 3 is 2.50 bits per heavy atom. The van der Waals surface area contributed by atoms with Crippen molar-refractivity contribution in [3.8, 4) is 0 Å². The molecule has 1 aromatic carbocycles. The molecule has 6 N–H and O–H groups in total. The molecule has 4 rings (SSSR count). The van der Waals surface area contributed by atoms with Crippen LogP contribution >= 0.6 is 11.6 Å². The number of carboxylic acid groups (broad SMARTS) is 3. The summed E-state index contributed by atoms with van der Waals surface area (Å²) < 4.78 is 40.9. The molecule has 1 saturated heterocycles. The molecule has 0 bridgehead atoms. The van der Waals surface area contributed by atoms with Gasteiger partial charge in [0.05, 0.1) is 18.5 Å². The lowest BCUT2D eigenvalue weighted by molar-refractivity contribution is -0.190. The normalized spacial score (nSPS) is 21.6. The number of ether oxygens (including phenoxy) is 2. The topological polar surface area (TPSA) is 220 Å². The maximum absolute atomic E-state index is 15.0. The summed E-state index contributed by atoms with van der Waals surface area (Å²) in [7, 11) is 0. The summed E-state index contributed by atoms with van der Waals surface area (Å²) >= 11 is 5.80. The number of rotatable bonds is 9. The Morgan fingerprint density at radius 1 is 1.21 bits per heavy atom. The average Bonchev–Trinajstić information content (AvgIpc) is 3.37. The first-order valence-electron chi connectivity index (χ1n) is 10.6. The second-order valence-corrected chi connectivity index (χ2v) is 8.58. The van der Waals surface area contributed by atoms with Crippen LogP contribution in [0.5, 0.6) is 0 Å². The lowest BCUT2D eigenvalue weighted by Crippen LogP contribution is -2.52. The number of anilines is 1. The number of aliphatic hydroxyl groups excluding tert-OH is 1. The standard InChI is InChI=1S/C21H18ClF2N5O9/c22-20-27-14(25)12-15(28-20)29(6-26-12)16-11(24)13(30)10(38-16)5-37-21(18(33)34,19(35)36)4-7-1-2-8(17(31)32)9(23)3-7/h1-3,6,10-11,13,16,30H,4-5H2,(H,31,32)(H,33,34)(H,35,36)(H2,25,27,28)/t10-,11+,13-,16?/m1/s1. The molecule has 202 valence electrons. The predicted octanol–water partition coefficient (Wildman–Crippen LogP) is 0.663. The lowest BCUT2D eigenvalue weighted by Gasteiger charge is -2.27. The van der Waals surface area contributed by atoms with Crippen molar-refractivity contribution in [1.82, 2.24) is 19.5 Å². The third kappa shape index (κ3) is 4.69. The summed E-state index contributed by atoms with van der Waals surface area (Å²) in [5, 5.41) is 38.5. The molecule has 0 radical (unpaired) electrons. The number of aliphatic carboxylic acids is 2. The van der Waals surface area contributed by atoms with Gasteiger partial charge in [-0.15, -0.1) is 0 Å². The van der Waals surface area contributed by atoms with Gasteiger partial charge in [0.15, 0.2) is 23.9 Å². The zero-order chi connectivity index (χ0) is 27.9. The van der Waals surface area contributed by atoms with Crippen molar-refractivity contribution in [2.75, 3.05) is 12.3 Å². The third-order valence-electron chi connectivity index (χ3n) is 5.89. The van der Waals surface area contributed by atoms with Crippen molar-refractivity contribution in [3.05, 3.63) is 46.8 Å². The van der Waals surface area contributed by atoms with Crippen LogP contribution in [0.2, 0.25) is 5.28 Å². The van der Waals surface area contributed by atoms with E-state index in [0.717, 1.165) is 23.0 Å². The Morgan fingerprint density at radius 2 is 1.89 bits per heavy atom. The second-order valence-electron chi connectivity index (χ2n) is 8.25. The average molecular weight is 558 g/mol. The number of aromatic carboxylic acids is 1. The van der Waals surface area contributed by atoms with Gasteiger partial charge in [-0.2, -0.15) is 9.97 Å². The van der Waals surface area contributed by atoms with E-state index in [0.29, 0.717) is 6.07 Å². The molecule has 1 aliphatic rings. The molecule has 1 unspecified atom stereocenters. The quantitative estimate of drug-likeness (QED) is 0.180. The van der Waals surface area contributed by atoms with E-state index in [1.807, 2.05) is 0 Å². The van der Waals surface area contributed by atoms with Gasteiger partial charge < -0.3 is 35.6 Å². The fraction of sp³-hybridized carbons (Fsp3) is 0.333. The Labute approximate surface area is 215 Å². The number of nitrogens with two attached hydrogens (primary N) is 1. The number of halogens is 3. The van der Waals surface area contributed by atoms with E-state index in [4.69, 9.17) is 31.9 Å². The van der Waals surface area contributed by atoms with Gasteiger partial charge in [0.25, 0.3) is 5.60 Å². The van der Waals surface area contributed by atoms with Crippen LogP contribution in [0.1, 0.15) is 22.1 Å². The molecular weight excluding hydrogens is 540 g/mol. The molecule has 1 aliphatic heterocycles. The highest BCUT2D eigenvalue weighted by Gasteiger charge is 2.52. The highest BCUT2D eigenvalue weighted by Crippen LogP contribution is 2.35. The molecule has 3 heterocycles. The fourth-order valence-corrected chi connectivity index (χ4v) is 4.10. The predicted molar refractivity (Wildman–Crippen MR) is 121 cm³/mol. The summed E-state index contributed by atoms with van der Waals surface area (Å²) in [4.78, 5) is 46.7. The number of carboxylic acids is 3. The molecule has 2 aromatic heterocycles. The number of aliphatic hydroxyl groups is 1. The van der Waals surface area contributed by atoms with Crippen LogP contribution in [0.25, 0.3) is 11.2 Å². The minimum atomic E-state index is -3.03. The highest BCUT2D eigenvalue weighted by atomic mass is 35.5. The minimum Gasteiger partial charge on any atom is -0.479 e. The van der Waals surface area contributed by atoms with Gasteiger partial charge in [0.1, 0.15) is 23.5 Å². The summed E-state index contributed by atoms with van der Waals surface area (Å²) in [6.45, 7) is -0.920. The van der Waals surface area contributed by atoms with Gasteiger partial charge in [-0.25, -0.2) is 28.1 Å². The van der Waals surface area contributed by atoms with E-state index in [1.165, 1.54) is 0 Å². The summed E-state index contributed by atoms with van der Waals surface area (Å²) in [6, 6.07) is 2.51. The maximum atomic E-state index is 15.0. The number of carbonyl (C=O) groups is 3. The van der Waals surface area contributed by atoms with Crippen LogP contribution in [-0.2, 0) is 25.5 Å². The number of hydrogen-bond acceptors (Lipinski definition) is 10. The van der Waals surface area contributed by atoms with Gasteiger partial charge in [0.2, 0.25) is 5.28 Å². The molecule has 3 aromatic rings. The van der Waals surface area contributed by atoms with Gasteiger partial charge in [0, 0.05) is 6.42 Å². The van der Waals surface area contributed by atoms with Crippen LogP contribution in [0, 0.1) is 5.82 Å². The van der Waals surface area contributed by atoms with Crippen LogP contribution in [0.15, 0.2) is 24.5 Å². The monoisotopic (exact) mass is 557 g/mol. The van der Waals surface area contributed by atoms with Crippen molar-refractivity contribution >= 4 is 46.5 Å². The molecule has 0 spiro atoms. The Kier molecular flexibility index (Phi) is 7.16. The number of hydrogen-bond donors (Lipinski definition) is 5. The van der Waals surface area contributed by atoms with Crippen molar-refractivity contribution in [1.29, 1.82) is 0 Å². The fourth-order valence-electron chi connectivity index (χ4n) is 3.93. The van der Waals surface area contributed by atoms with Crippen LogP contribution in [0.4, 0.5) is 14.6 Å². The number of alkyl halides is 1. The van der Waals surface area contributed by atoms with Crippen molar-refractivity contribution in [2.45, 2.75) is 36.6 Å². The molecule has 14 nitrogen and oxygen atoms in total. The van der Waals surface area contributed by atoms with Gasteiger partial charge in [-0.3, -0.25) is 4.57 Å². The minimum absolute atomic E-state index is 0.0267. The van der Waals surface area contributed by atoms with E-state index in [9.17, 15) is 34.1 Å². The molecule has 4 atom stereocenters. The SMILES string of the molecule is Nc1nc(Cl)nc2c1ncn2C1O[C@H](COC(Cc2ccc(C(=O)O)c(F)c2)(C(=O)O)C(=O)O)[C@@H](O)[C@@H]1F. The summed E-state index contributed by atoms with van der Waals surface area (Å²) in [6.07, 6.45) is -6.99. The summed E-state index contributed by atoms with van der Waals surface area (Å²) in [5.74, 6) is -6.90. The zero-order valence-corrected chi connectivity index (χ0v) is 19.6. The molecule has 0 amide bonds. The van der Waals surface area contributed by atoms with Crippen LogP contribution in [-0.4, -0.2) is 88.4 Å². The number of imidazole rings is 1. The number of aromatic nitrogens is 4. The Hall–Kier alpha value is -3.99. The van der Waals surface area contributed by atoms with Crippen LogP contribution < -0.4 is 5.73 Å². The van der Waals surface area contributed by atoms with E-state index >= 15 is 4.39 Å². The first-order chi connectivity index (χ1) is 17.9. The van der Waals surface area contributed by atoms with Crippen molar-refractivity contribution < 1.29 is 53.1 Å². The molecule has 1 fully saturated rings. The first-order valence-corrected chi connectivity index (χ1v) is 11.0. The first kappa shape index (κ1) is 27.1. The molecule has 17 heteroatoms. The zero-order valence-electron chi connectivity index (χ0n) is 18.9. The van der Waals surface area contributed by atoms with Gasteiger partial charge >= 0.3 is 17.9 Å². The van der Waals surface area contributed by atoms with Crippen molar-refractivity contribution in [2.24, 2.45) is 0 Å². The molecule has 0 saturated carbocycles. The second kappa shape index (κ2) is 10.1. The van der Waals surface area contributed by atoms with E-state index in [1.54, 1.807) is 0 Å². The van der Waals surface area contributed by atoms with Gasteiger partial charge in [-0.1, -0.05) is 6.07 Å². The molecule has 38 heavy (non-hydrogen) atoms. The maximum Gasteiger partial charge on any atom is 0.348 e. The number of fused-ring (bicyclic) bond motifs is 1. The van der Waals surface area contributed by atoms with Gasteiger partial charge in [-0.05, 0) is 29.3 Å². The van der Waals surface area contributed by atoms with E-state index < -0.39 is 72.5 Å². The highest BCUT2D eigenvalue weighted by molar-refractivity contribution is 6.28. The third-order valence-corrected chi connectivity index (χ3v) is 6.06.